The Hall–Kier alpha value is -1.31. The number of ether oxygens (including phenoxy) is 1. The summed E-state index contributed by atoms with van der Waals surface area (Å²) in [4.78, 5) is 15.5. The zero-order chi connectivity index (χ0) is 15.7. The minimum absolute atomic E-state index is 0. The van der Waals surface area contributed by atoms with Crippen LogP contribution in [0.3, 0.4) is 0 Å². The molecule has 2 N–H and O–H groups in total. The molecule has 0 saturated carbocycles. The quantitative estimate of drug-likeness (QED) is 0.322. The molecule has 124 valence electrons. The van der Waals surface area contributed by atoms with Gasteiger partial charge in [-0.1, -0.05) is 29.8 Å². The van der Waals surface area contributed by atoms with Crippen LogP contribution in [0, 0.1) is 6.92 Å². The average molecular weight is 419 g/mol. The summed E-state index contributed by atoms with van der Waals surface area (Å²) < 4.78 is 5.07. The summed E-state index contributed by atoms with van der Waals surface area (Å²) in [6, 6.07) is 8.31. The normalized spacial score (nSPS) is 10.9. The van der Waals surface area contributed by atoms with Crippen molar-refractivity contribution in [2.45, 2.75) is 39.8 Å². The highest BCUT2D eigenvalue weighted by molar-refractivity contribution is 14.0. The Kier molecular flexibility index (Phi) is 10.6. The number of halogens is 1. The van der Waals surface area contributed by atoms with E-state index in [0.717, 1.165) is 0 Å². The Morgan fingerprint density at radius 1 is 1.23 bits per heavy atom. The summed E-state index contributed by atoms with van der Waals surface area (Å²) >= 11 is 0. The Labute approximate surface area is 149 Å². The molecule has 0 heterocycles. The van der Waals surface area contributed by atoms with Gasteiger partial charge in [0.15, 0.2) is 5.96 Å². The number of carbonyl (C=O) groups is 1. The molecular formula is C16H26IN3O2. The highest BCUT2D eigenvalue weighted by Crippen LogP contribution is 2.02. The molecule has 0 unspecified atom stereocenters. The van der Waals surface area contributed by atoms with Gasteiger partial charge in [-0.15, -0.1) is 24.0 Å². The standard InChI is InChI=1S/C16H25N3O2.HI/c1-12(2)21-15(20)9-10-18-16(17-4)19-11-14-7-5-13(3)6-8-14;/h5-8,12H,9-11H2,1-4H3,(H2,17,18,19);1H. The second kappa shape index (κ2) is 11.3. The van der Waals surface area contributed by atoms with Crippen LogP contribution in [0.15, 0.2) is 29.3 Å². The number of esters is 1. The number of aliphatic imine (C=N–C) groups is 1. The maximum absolute atomic E-state index is 11.4. The largest absolute Gasteiger partial charge is 0.463 e. The van der Waals surface area contributed by atoms with Gasteiger partial charge in [0.2, 0.25) is 0 Å². The van der Waals surface area contributed by atoms with Crippen molar-refractivity contribution >= 4 is 35.9 Å². The lowest BCUT2D eigenvalue weighted by atomic mass is 10.1. The highest BCUT2D eigenvalue weighted by Gasteiger charge is 2.05. The van der Waals surface area contributed by atoms with Crippen LogP contribution in [-0.2, 0) is 16.1 Å². The fourth-order valence-corrected chi connectivity index (χ4v) is 1.72. The van der Waals surface area contributed by atoms with Gasteiger partial charge in [-0.05, 0) is 26.3 Å². The number of aryl methyl sites for hydroxylation is 1. The molecule has 0 aliphatic rings. The van der Waals surface area contributed by atoms with E-state index in [0.29, 0.717) is 25.5 Å². The molecule has 0 radical (unpaired) electrons. The molecule has 6 heteroatoms. The van der Waals surface area contributed by atoms with Gasteiger partial charge in [-0.25, -0.2) is 0 Å². The third kappa shape index (κ3) is 8.86. The van der Waals surface area contributed by atoms with E-state index in [9.17, 15) is 4.79 Å². The Bertz CT molecular complexity index is 473. The van der Waals surface area contributed by atoms with Crippen LogP contribution in [0.25, 0.3) is 0 Å². The van der Waals surface area contributed by atoms with Crippen molar-refractivity contribution < 1.29 is 9.53 Å². The summed E-state index contributed by atoms with van der Waals surface area (Å²) in [5.41, 5.74) is 2.42. The SMILES string of the molecule is CN=C(NCCC(=O)OC(C)C)NCc1ccc(C)cc1.I. The average Bonchev–Trinajstić information content (AvgIpc) is 2.43. The fourth-order valence-electron chi connectivity index (χ4n) is 1.72. The lowest BCUT2D eigenvalue weighted by Crippen LogP contribution is -2.38. The van der Waals surface area contributed by atoms with Crippen molar-refractivity contribution in [3.8, 4) is 0 Å². The molecule has 0 aliphatic heterocycles. The van der Waals surface area contributed by atoms with Crippen molar-refractivity contribution in [1.29, 1.82) is 0 Å². The maximum atomic E-state index is 11.4. The van der Waals surface area contributed by atoms with Crippen molar-refractivity contribution in [2.75, 3.05) is 13.6 Å². The van der Waals surface area contributed by atoms with Crippen molar-refractivity contribution in [3.05, 3.63) is 35.4 Å². The zero-order valence-corrected chi connectivity index (χ0v) is 16.0. The van der Waals surface area contributed by atoms with Gasteiger partial charge in [-0.3, -0.25) is 9.79 Å². The molecule has 5 nitrogen and oxygen atoms in total. The second-order valence-electron chi connectivity index (χ2n) is 5.13. The number of nitrogens with zero attached hydrogens (tertiary/aromatic N) is 1. The molecule has 0 amide bonds. The van der Waals surface area contributed by atoms with Crippen LogP contribution in [0.5, 0.6) is 0 Å². The molecule has 0 atom stereocenters. The summed E-state index contributed by atoms with van der Waals surface area (Å²) in [6.07, 6.45) is 0.250. The third-order valence-corrected chi connectivity index (χ3v) is 2.79. The molecule has 1 aromatic rings. The van der Waals surface area contributed by atoms with Gasteiger partial charge in [-0.2, -0.15) is 0 Å². The van der Waals surface area contributed by atoms with Crippen LogP contribution < -0.4 is 10.6 Å². The first-order chi connectivity index (χ1) is 10.0. The Morgan fingerprint density at radius 2 is 1.86 bits per heavy atom. The van der Waals surface area contributed by atoms with Gasteiger partial charge in [0.25, 0.3) is 0 Å². The van der Waals surface area contributed by atoms with Crippen molar-refractivity contribution in [2.24, 2.45) is 4.99 Å². The molecule has 1 aromatic carbocycles. The number of benzene rings is 1. The number of hydrogen-bond donors (Lipinski definition) is 2. The first-order valence-electron chi connectivity index (χ1n) is 7.21. The van der Waals surface area contributed by atoms with E-state index in [4.69, 9.17) is 4.74 Å². The maximum Gasteiger partial charge on any atom is 0.307 e. The second-order valence-corrected chi connectivity index (χ2v) is 5.13. The highest BCUT2D eigenvalue weighted by atomic mass is 127. The summed E-state index contributed by atoms with van der Waals surface area (Å²) in [5.74, 6) is 0.472. The van der Waals surface area contributed by atoms with E-state index in [2.05, 4.69) is 46.8 Å². The van der Waals surface area contributed by atoms with Crippen molar-refractivity contribution in [3.63, 3.8) is 0 Å². The van der Waals surface area contributed by atoms with Gasteiger partial charge in [0.1, 0.15) is 0 Å². The number of nitrogens with one attached hydrogen (secondary N) is 2. The van der Waals surface area contributed by atoms with Crippen LogP contribution in [-0.4, -0.2) is 31.6 Å². The van der Waals surface area contributed by atoms with Gasteiger partial charge in [0, 0.05) is 20.1 Å². The number of hydrogen-bond acceptors (Lipinski definition) is 3. The fraction of sp³-hybridized carbons (Fsp3) is 0.500. The molecule has 0 bridgehead atoms. The lowest BCUT2D eigenvalue weighted by molar-refractivity contribution is -0.147. The first kappa shape index (κ1) is 20.7. The van der Waals surface area contributed by atoms with Crippen molar-refractivity contribution in [1.82, 2.24) is 10.6 Å². The Balaban J connectivity index is 0.00000441. The number of carbonyl (C=O) groups excluding carboxylic acids is 1. The molecular weight excluding hydrogens is 393 g/mol. The predicted octanol–water partition coefficient (Wildman–Crippen LogP) is 2.62. The van der Waals surface area contributed by atoms with E-state index < -0.39 is 0 Å². The monoisotopic (exact) mass is 419 g/mol. The van der Waals surface area contributed by atoms with Crippen LogP contribution in [0.1, 0.15) is 31.4 Å². The molecule has 22 heavy (non-hydrogen) atoms. The molecule has 1 rings (SSSR count). The summed E-state index contributed by atoms with van der Waals surface area (Å²) in [7, 11) is 1.71. The minimum Gasteiger partial charge on any atom is -0.463 e. The zero-order valence-electron chi connectivity index (χ0n) is 13.7. The van der Waals surface area contributed by atoms with E-state index in [-0.39, 0.29) is 36.0 Å². The van der Waals surface area contributed by atoms with Gasteiger partial charge < -0.3 is 15.4 Å². The molecule has 0 fully saturated rings. The lowest BCUT2D eigenvalue weighted by Gasteiger charge is -2.12. The molecule has 0 saturated heterocycles. The molecule has 0 aromatic heterocycles. The first-order valence-corrected chi connectivity index (χ1v) is 7.21. The third-order valence-electron chi connectivity index (χ3n) is 2.79. The van der Waals surface area contributed by atoms with Crippen LogP contribution >= 0.6 is 24.0 Å². The van der Waals surface area contributed by atoms with E-state index in [1.165, 1.54) is 11.1 Å². The topological polar surface area (TPSA) is 62.7 Å². The summed E-state index contributed by atoms with van der Waals surface area (Å²) in [6.45, 7) is 6.93. The van der Waals surface area contributed by atoms with Crippen LogP contribution in [0.2, 0.25) is 0 Å². The number of rotatable bonds is 6. The predicted molar refractivity (Wildman–Crippen MR) is 101 cm³/mol. The molecule has 0 aliphatic carbocycles. The van der Waals surface area contributed by atoms with Gasteiger partial charge in [0.05, 0.1) is 12.5 Å². The number of guanidine groups is 1. The van der Waals surface area contributed by atoms with E-state index in [1.54, 1.807) is 7.05 Å². The summed E-state index contributed by atoms with van der Waals surface area (Å²) in [5, 5.41) is 6.30. The molecule has 0 spiro atoms. The van der Waals surface area contributed by atoms with E-state index in [1.807, 2.05) is 13.8 Å². The Morgan fingerprint density at radius 3 is 2.41 bits per heavy atom. The smallest absolute Gasteiger partial charge is 0.307 e. The van der Waals surface area contributed by atoms with Gasteiger partial charge >= 0.3 is 5.97 Å². The minimum atomic E-state index is -0.202. The van der Waals surface area contributed by atoms with E-state index >= 15 is 0 Å². The van der Waals surface area contributed by atoms with Crippen LogP contribution in [0.4, 0.5) is 0 Å².